The average Bonchev–Trinajstić information content (AvgIpc) is 3.25. The topological polar surface area (TPSA) is 94.4 Å². The quantitative estimate of drug-likeness (QED) is 0.562. The second-order valence-corrected chi connectivity index (χ2v) is 7.57. The highest BCUT2D eigenvalue weighted by Crippen LogP contribution is 2.30. The highest BCUT2D eigenvalue weighted by atomic mass is 35.5. The second-order valence-electron chi connectivity index (χ2n) is 6.76. The van der Waals surface area contributed by atoms with E-state index in [1.807, 2.05) is 13.8 Å². The zero-order valence-corrected chi connectivity index (χ0v) is 17.3. The Kier molecular flexibility index (Phi) is 5.05. The maximum Gasteiger partial charge on any atom is 0.403 e. The summed E-state index contributed by atoms with van der Waals surface area (Å²) >= 11 is 12.5. The van der Waals surface area contributed by atoms with E-state index >= 15 is 0 Å². The predicted molar refractivity (Wildman–Crippen MR) is 108 cm³/mol. The van der Waals surface area contributed by atoms with E-state index in [-0.39, 0.29) is 22.9 Å². The van der Waals surface area contributed by atoms with Gasteiger partial charge in [0.1, 0.15) is 11.5 Å². The number of rotatable bonds is 4. The third kappa shape index (κ3) is 3.24. The highest BCUT2D eigenvalue weighted by molar-refractivity contribution is 6.37. The summed E-state index contributed by atoms with van der Waals surface area (Å²) in [5.74, 6) is -2.62. The van der Waals surface area contributed by atoms with Crippen molar-refractivity contribution in [1.29, 1.82) is 0 Å². The van der Waals surface area contributed by atoms with Gasteiger partial charge in [-0.3, -0.25) is 9.59 Å². The second kappa shape index (κ2) is 7.55. The molecule has 2 heterocycles. The molecule has 0 saturated carbocycles. The Morgan fingerprint density at radius 2 is 1.53 bits per heavy atom. The van der Waals surface area contributed by atoms with Crippen molar-refractivity contribution in [1.82, 2.24) is 19.8 Å². The van der Waals surface area contributed by atoms with E-state index in [1.165, 1.54) is 16.8 Å². The minimum Gasteiger partial charge on any atom is -0.321 e. The number of para-hydroxylation sites is 1. The summed E-state index contributed by atoms with van der Waals surface area (Å²) in [7, 11) is 0. The third-order valence-corrected chi connectivity index (χ3v) is 5.02. The Labute approximate surface area is 180 Å². The van der Waals surface area contributed by atoms with Crippen LogP contribution < -0.4 is 0 Å². The third-order valence-electron chi connectivity index (χ3n) is 4.41. The van der Waals surface area contributed by atoms with Crippen LogP contribution in [0.5, 0.6) is 0 Å². The lowest BCUT2D eigenvalue weighted by Crippen LogP contribution is -2.33. The molecule has 2 aromatic carbocycles. The smallest absolute Gasteiger partial charge is 0.321 e. The fourth-order valence-corrected chi connectivity index (χ4v) is 3.57. The normalized spacial score (nSPS) is 13.2. The van der Waals surface area contributed by atoms with Crippen LogP contribution in [0.25, 0.3) is 5.69 Å². The van der Waals surface area contributed by atoms with Crippen LogP contribution in [-0.2, 0) is 4.84 Å². The lowest BCUT2D eigenvalue weighted by atomic mass is 10.1. The summed E-state index contributed by atoms with van der Waals surface area (Å²) in [6.45, 7) is 3.70. The van der Waals surface area contributed by atoms with Gasteiger partial charge in [-0.2, -0.15) is 0 Å². The molecule has 2 amide bonds. The summed E-state index contributed by atoms with van der Waals surface area (Å²) in [6.07, 6.45) is 0. The largest absolute Gasteiger partial charge is 0.403 e. The van der Waals surface area contributed by atoms with Gasteiger partial charge in [-0.05, 0) is 24.3 Å². The van der Waals surface area contributed by atoms with Crippen molar-refractivity contribution in [3.05, 3.63) is 75.3 Å². The number of carbonyl (C=O) groups is 3. The fraction of sp³-hybridized carbons (Fsp3) is 0.150. The van der Waals surface area contributed by atoms with E-state index in [1.54, 1.807) is 30.3 Å². The van der Waals surface area contributed by atoms with E-state index in [0.29, 0.717) is 26.6 Å². The molecule has 0 spiro atoms. The number of benzene rings is 2. The van der Waals surface area contributed by atoms with Crippen LogP contribution in [0, 0.1) is 0 Å². The number of hydroxylamine groups is 2. The standard InChI is InChI=1S/C20H14Cl2N4O4/c1-10(2)17-23-16(24-25(17)15-13(21)8-5-9-14(15)22)20(29)30-26-18(27)11-6-3-4-7-12(11)19(26)28/h3-10H,1-2H3. The van der Waals surface area contributed by atoms with Crippen molar-refractivity contribution in [3.8, 4) is 5.69 Å². The Balaban J connectivity index is 1.68. The minimum absolute atomic E-state index is 0.148. The van der Waals surface area contributed by atoms with Crippen LogP contribution in [0.1, 0.15) is 56.9 Å². The van der Waals surface area contributed by atoms with Crippen LogP contribution in [-0.4, -0.2) is 37.6 Å². The number of aromatic nitrogens is 3. The van der Waals surface area contributed by atoms with Gasteiger partial charge in [0.2, 0.25) is 0 Å². The van der Waals surface area contributed by atoms with Gasteiger partial charge in [-0.1, -0.05) is 60.3 Å². The Hall–Kier alpha value is -3.23. The summed E-state index contributed by atoms with van der Waals surface area (Å²) in [5.41, 5.74) is 0.663. The number of hydrogen-bond donors (Lipinski definition) is 0. The molecule has 0 bridgehead atoms. The molecule has 1 aliphatic heterocycles. The SMILES string of the molecule is CC(C)c1nc(C(=O)ON2C(=O)c3ccccc3C2=O)nn1-c1c(Cl)cccc1Cl. The molecule has 0 radical (unpaired) electrons. The molecule has 1 aliphatic rings. The highest BCUT2D eigenvalue weighted by Gasteiger charge is 2.39. The first-order valence-corrected chi connectivity index (χ1v) is 9.66. The first kappa shape index (κ1) is 20.1. The number of halogens is 2. The molecular formula is C20H14Cl2N4O4. The molecule has 0 unspecified atom stereocenters. The lowest BCUT2D eigenvalue weighted by molar-refractivity contribution is -0.0592. The van der Waals surface area contributed by atoms with E-state index in [4.69, 9.17) is 28.0 Å². The van der Waals surface area contributed by atoms with Crippen LogP contribution in [0.3, 0.4) is 0 Å². The number of amides is 2. The Morgan fingerprint density at radius 1 is 0.967 bits per heavy atom. The summed E-state index contributed by atoms with van der Waals surface area (Å²) in [5, 5.41) is 5.21. The molecule has 0 atom stereocenters. The Bertz CT molecular complexity index is 1150. The molecule has 0 fully saturated rings. The van der Waals surface area contributed by atoms with Crippen molar-refractivity contribution < 1.29 is 19.2 Å². The van der Waals surface area contributed by atoms with Gasteiger partial charge in [0, 0.05) is 5.92 Å². The van der Waals surface area contributed by atoms with Gasteiger partial charge in [0.25, 0.3) is 17.6 Å². The van der Waals surface area contributed by atoms with Crippen molar-refractivity contribution in [2.45, 2.75) is 19.8 Å². The lowest BCUT2D eigenvalue weighted by Gasteiger charge is -2.11. The van der Waals surface area contributed by atoms with Gasteiger partial charge in [-0.15, -0.1) is 5.10 Å². The maximum atomic E-state index is 12.7. The van der Waals surface area contributed by atoms with E-state index < -0.39 is 17.8 Å². The molecule has 0 saturated heterocycles. The first-order valence-electron chi connectivity index (χ1n) is 8.91. The minimum atomic E-state index is -1.06. The van der Waals surface area contributed by atoms with E-state index in [2.05, 4.69) is 10.1 Å². The zero-order valence-electron chi connectivity index (χ0n) is 15.8. The molecule has 4 rings (SSSR count). The van der Waals surface area contributed by atoms with Crippen LogP contribution in [0.2, 0.25) is 10.0 Å². The molecule has 10 heteroatoms. The Morgan fingerprint density at radius 3 is 2.07 bits per heavy atom. The summed E-state index contributed by atoms with van der Waals surface area (Å²) in [6, 6.07) is 11.1. The van der Waals surface area contributed by atoms with Crippen molar-refractivity contribution >= 4 is 41.0 Å². The fourth-order valence-electron chi connectivity index (χ4n) is 3.01. The number of hydrogen-bond acceptors (Lipinski definition) is 6. The van der Waals surface area contributed by atoms with Gasteiger partial charge >= 0.3 is 5.97 Å². The monoisotopic (exact) mass is 444 g/mol. The van der Waals surface area contributed by atoms with E-state index in [9.17, 15) is 14.4 Å². The molecule has 0 aliphatic carbocycles. The molecule has 0 N–H and O–H groups in total. The van der Waals surface area contributed by atoms with Crippen LogP contribution in [0.15, 0.2) is 42.5 Å². The van der Waals surface area contributed by atoms with Crippen molar-refractivity contribution in [3.63, 3.8) is 0 Å². The molecule has 30 heavy (non-hydrogen) atoms. The molecule has 3 aromatic rings. The van der Waals surface area contributed by atoms with Gasteiger partial charge in [0.05, 0.1) is 21.2 Å². The number of carbonyl (C=O) groups excluding carboxylic acids is 3. The molecule has 1 aromatic heterocycles. The van der Waals surface area contributed by atoms with Crippen molar-refractivity contribution in [2.75, 3.05) is 0 Å². The molecule has 152 valence electrons. The van der Waals surface area contributed by atoms with Crippen LogP contribution in [0.4, 0.5) is 0 Å². The van der Waals surface area contributed by atoms with Gasteiger partial charge in [0.15, 0.2) is 0 Å². The van der Waals surface area contributed by atoms with Gasteiger partial charge < -0.3 is 4.84 Å². The van der Waals surface area contributed by atoms with Gasteiger partial charge in [-0.25, -0.2) is 14.5 Å². The number of fused-ring (bicyclic) bond motifs is 1. The summed E-state index contributed by atoms with van der Waals surface area (Å²) in [4.78, 5) is 46.7. The molecule has 8 nitrogen and oxygen atoms in total. The zero-order chi connectivity index (χ0) is 21.6. The predicted octanol–water partition coefficient (Wildman–Crippen LogP) is 4.07. The average molecular weight is 445 g/mol. The number of imide groups is 1. The summed E-state index contributed by atoms with van der Waals surface area (Å²) < 4.78 is 1.36. The first-order chi connectivity index (χ1) is 14.3. The number of nitrogens with zero attached hydrogens (tertiary/aromatic N) is 4. The maximum absolute atomic E-state index is 12.7. The van der Waals surface area contributed by atoms with Crippen LogP contribution >= 0.6 is 23.2 Å². The molecular weight excluding hydrogens is 431 g/mol. The van der Waals surface area contributed by atoms with E-state index in [0.717, 1.165) is 0 Å². The van der Waals surface area contributed by atoms with Crippen molar-refractivity contribution in [2.24, 2.45) is 0 Å².